The van der Waals surface area contributed by atoms with Crippen LogP contribution in [-0.2, 0) is 22.4 Å². The van der Waals surface area contributed by atoms with Crippen molar-refractivity contribution in [3.8, 4) is 0 Å². The first kappa shape index (κ1) is 19.5. The molecule has 2 amide bonds. The van der Waals surface area contributed by atoms with Gasteiger partial charge < -0.3 is 15.5 Å². The molecule has 2 aromatic rings. The second-order valence-electron chi connectivity index (χ2n) is 6.43. The summed E-state index contributed by atoms with van der Waals surface area (Å²) in [6.07, 6.45) is 1.99. The van der Waals surface area contributed by atoms with E-state index in [1.165, 1.54) is 5.56 Å². The zero-order valence-electron chi connectivity index (χ0n) is 15.5. The summed E-state index contributed by atoms with van der Waals surface area (Å²) in [5.41, 5.74) is 3.17. The van der Waals surface area contributed by atoms with E-state index in [1.807, 2.05) is 42.5 Å². The smallest absolute Gasteiger partial charge is 0.239 e. The van der Waals surface area contributed by atoms with E-state index < -0.39 is 0 Å². The first-order chi connectivity index (χ1) is 12.5. The Balaban J connectivity index is 1.72. The average molecular weight is 353 g/mol. The van der Waals surface area contributed by atoms with Gasteiger partial charge in [0.15, 0.2) is 0 Å². The maximum Gasteiger partial charge on any atom is 0.239 e. The van der Waals surface area contributed by atoms with Gasteiger partial charge in [-0.15, -0.1) is 0 Å². The molecule has 0 saturated heterocycles. The van der Waals surface area contributed by atoms with Crippen LogP contribution in [0.3, 0.4) is 0 Å². The van der Waals surface area contributed by atoms with Crippen molar-refractivity contribution in [2.75, 3.05) is 32.5 Å². The summed E-state index contributed by atoms with van der Waals surface area (Å²) in [6, 6.07) is 17.9. The normalized spacial score (nSPS) is 10.2. The van der Waals surface area contributed by atoms with Crippen molar-refractivity contribution in [3.05, 3.63) is 65.7 Å². The van der Waals surface area contributed by atoms with Crippen molar-refractivity contribution >= 4 is 17.5 Å². The van der Waals surface area contributed by atoms with E-state index in [9.17, 15) is 9.59 Å². The summed E-state index contributed by atoms with van der Waals surface area (Å²) >= 11 is 0. The molecule has 0 atom stereocenters. The topological polar surface area (TPSA) is 61.4 Å². The Kier molecular flexibility index (Phi) is 7.68. The average Bonchev–Trinajstić information content (AvgIpc) is 2.65. The zero-order chi connectivity index (χ0) is 18.8. The highest BCUT2D eigenvalue weighted by Gasteiger charge is 2.05. The predicted octanol–water partition coefficient (Wildman–Crippen LogP) is 2.48. The van der Waals surface area contributed by atoms with Gasteiger partial charge in [0, 0.05) is 32.7 Å². The minimum Gasteiger partial charge on any atom is -0.376 e. The highest BCUT2D eigenvalue weighted by atomic mass is 16.2. The van der Waals surface area contributed by atoms with Crippen molar-refractivity contribution in [1.29, 1.82) is 0 Å². The summed E-state index contributed by atoms with van der Waals surface area (Å²) in [5.74, 6) is 0.0790. The Labute approximate surface area is 155 Å². The van der Waals surface area contributed by atoms with Gasteiger partial charge in [-0.1, -0.05) is 42.5 Å². The quantitative estimate of drug-likeness (QED) is 0.728. The van der Waals surface area contributed by atoms with E-state index in [-0.39, 0.29) is 18.4 Å². The molecule has 0 heterocycles. The number of aryl methyl sites for hydroxylation is 1. The van der Waals surface area contributed by atoms with Crippen LogP contribution in [0.15, 0.2) is 54.6 Å². The van der Waals surface area contributed by atoms with E-state index in [0.29, 0.717) is 19.4 Å². The third-order valence-electron chi connectivity index (χ3n) is 4.09. The molecule has 0 unspecified atom stereocenters. The van der Waals surface area contributed by atoms with Crippen LogP contribution in [-0.4, -0.2) is 43.9 Å². The lowest BCUT2D eigenvalue weighted by atomic mass is 10.1. The third-order valence-corrected chi connectivity index (χ3v) is 4.09. The lowest BCUT2D eigenvalue weighted by Gasteiger charge is -2.11. The summed E-state index contributed by atoms with van der Waals surface area (Å²) in [7, 11) is 3.52. The highest BCUT2D eigenvalue weighted by Crippen LogP contribution is 2.12. The number of amides is 2. The molecule has 0 saturated carbocycles. The number of anilines is 1. The highest BCUT2D eigenvalue weighted by molar-refractivity contribution is 5.80. The van der Waals surface area contributed by atoms with Crippen LogP contribution in [0, 0.1) is 0 Å². The number of hydrogen-bond donors (Lipinski definition) is 2. The maximum absolute atomic E-state index is 12.0. The van der Waals surface area contributed by atoms with Crippen LogP contribution in [0.4, 0.5) is 5.69 Å². The fraction of sp³-hybridized carbons (Fsp3) is 0.333. The molecule has 0 aliphatic heterocycles. The molecule has 26 heavy (non-hydrogen) atoms. The molecule has 5 heteroatoms. The summed E-state index contributed by atoms with van der Waals surface area (Å²) in [5, 5.41) is 6.05. The van der Waals surface area contributed by atoms with Crippen LogP contribution in [0.25, 0.3) is 0 Å². The molecule has 0 aliphatic carbocycles. The minimum atomic E-state index is -0.0332. The van der Waals surface area contributed by atoms with E-state index in [2.05, 4.69) is 22.8 Å². The molecule has 0 spiro atoms. The number of carbonyl (C=O) groups is 2. The van der Waals surface area contributed by atoms with Crippen molar-refractivity contribution in [2.24, 2.45) is 0 Å². The van der Waals surface area contributed by atoms with E-state index >= 15 is 0 Å². The molecule has 2 rings (SSSR count). The molecule has 0 bridgehead atoms. The molecule has 2 aromatic carbocycles. The predicted molar refractivity (Wildman–Crippen MR) is 105 cm³/mol. The lowest BCUT2D eigenvalue weighted by Crippen LogP contribution is -2.31. The van der Waals surface area contributed by atoms with E-state index in [1.54, 1.807) is 19.0 Å². The number of nitrogens with zero attached hydrogens (tertiary/aromatic N) is 1. The van der Waals surface area contributed by atoms with Crippen LogP contribution in [0.1, 0.15) is 17.5 Å². The molecule has 5 nitrogen and oxygen atoms in total. The number of hydrogen-bond acceptors (Lipinski definition) is 3. The summed E-state index contributed by atoms with van der Waals surface area (Å²) in [6.45, 7) is 0.853. The lowest BCUT2D eigenvalue weighted by molar-refractivity contribution is -0.128. The summed E-state index contributed by atoms with van der Waals surface area (Å²) in [4.78, 5) is 25.2. The van der Waals surface area contributed by atoms with Gasteiger partial charge in [0.25, 0.3) is 0 Å². The molecular weight excluding hydrogens is 326 g/mol. The Bertz CT molecular complexity index is 714. The summed E-state index contributed by atoms with van der Waals surface area (Å²) < 4.78 is 0. The molecular formula is C21H27N3O2. The third kappa shape index (κ3) is 6.97. The van der Waals surface area contributed by atoms with Gasteiger partial charge in [0.05, 0.1) is 6.54 Å². The molecule has 0 aliphatic rings. The minimum absolute atomic E-state index is 0.0332. The molecule has 2 N–H and O–H groups in total. The standard InChI is InChI=1S/C21H27N3O2/c1-24(2)21(26)12-11-18-9-6-10-19(15-18)23-16-20(25)22-14-13-17-7-4-3-5-8-17/h3-10,15,23H,11-14,16H2,1-2H3,(H,22,25). The first-order valence-electron chi connectivity index (χ1n) is 8.88. The number of benzene rings is 2. The zero-order valence-corrected chi connectivity index (χ0v) is 15.5. The van der Waals surface area contributed by atoms with Crippen LogP contribution in [0.5, 0.6) is 0 Å². The van der Waals surface area contributed by atoms with Gasteiger partial charge in [0.1, 0.15) is 0 Å². The Hall–Kier alpha value is -2.82. The van der Waals surface area contributed by atoms with Crippen molar-refractivity contribution in [2.45, 2.75) is 19.3 Å². The van der Waals surface area contributed by atoms with Crippen molar-refractivity contribution < 1.29 is 9.59 Å². The molecule has 138 valence electrons. The largest absolute Gasteiger partial charge is 0.376 e. The molecule has 0 aromatic heterocycles. The fourth-order valence-corrected chi connectivity index (χ4v) is 2.55. The van der Waals surface area contributed by atoms with Crippen molar-refractivity contribution in [1.82, 2.24) is 10.2 Å². The second-order valence-corrected chi connectivity index (χ2v) is 6.43. The first-order valence-corrected chi connectivity index (χ1v) is 8.88. The molecule has 0 radical (unpaired) electrons. The van der Waals surface area contributed by atoms with Crippen LogP contribution < -0.4 is 10.6 Å². The van der Waals surface area contributed by atoms with Crippen molar-refractivity contribution in [3.63, 3.8) is 0 Å². The second kappa shape index (κ2) is 10.2. The van der Waals surface area contributed by atoms with Gasteiger partial charge >= 0.3 is 0 Å². The van der Waals surface area contributed by atoms with Gasteiger partial charge in [-0.05, 0) is 36.1 Å². The van der Waals surface area contributed by atoms with E-state index in [4.69, 9.17) is 0 Å². The van der Waals surface area contributed by atoms with Gasteiger partial charge in [0.2, 0.25) is 11.8 Å². The van der Waals surface area contributed by atoms with E-state index in [0.717, 1.165) is 17.7 Å². The SMILES string of the molecule is CN(C)C(=O)CCc1cccc(NCC(=O)NCCc2ccccc2)c1. The monoisotopic (exact) mass is 353 g/mol. The Morgan fingerprint density at radius 1 is 0.923 bits per heavy atom. The Morgan fingerprint density at radius 2 is 1.65 bits per heavy atom. The van der Waals surface area contributed by atoms with Gasteiger partial charge in [-0.3, -0.25) is 9.59 Å². The Morgan fingerprint density at radius 3 is 2.38 bits per heavy atom. The number of nitrogens with one attached hydrogen (secondary N) is 2. The maximum atomic E-state index is 12.0. The fourth-order valence-electron chi connectivity index (χ4n) is 2.55. The van der Waals surface area contributed by atoms with Crippen LogP contribution >= 0.6 is 0 Å². The van der Waals surface area contributed by atoms with Crippen LogP contribution in [0.2, 0.25) is 0 Å². The van der Waals surface area contributed by atoms with Gasteiger partial charge in [-0.2, -0.15) is 0 Å². The number of carbonyl (C=O) groups excluding carboxylic acids is 2. The number of rotatable bonds is 9. The molecule has 0 fully saturated rings. The van der Waals surface area contributed by atoms with Gasteiger partial charge in [-0.25, -0.2) is 0 Å².